The number of hydrogen-bond donors (Lipinski definition) is 0. The van der Waals surface area contributed by atoms with E-state index in [0.29, 0.717) is 113 Å². The fraction of sp³-hybridized carbons (Fsp3) is 0. The lowest BCUT2D eigenvalue weighted by Crippen LogP contribution is -2.06. The molecule has 0 amide bonds. The van der Waals surface area contributed by atoms with E-state index >= 15 is 0 Å². The summed E-state index contributed by atoms with van der Waals surface area (Å²) < 4.78 is 4.40. The molecule has 0 unspecified atom stereocenters. The Morgan fingerprint density at radius 1 is 0.269 bits per heavy atom. The second-order valence-corrected chi connectivity index (χ2v) is 24.6. The maximum Gasteiger partial charge on any atom is 0.196 e. The lowest BCUT2D eigenvalue weighted by molar-refractivity contribution is 1.06. The average molecular weight is 1320 g/mol. The van der Waals surface area contributed by atoms with Gasteiger partial charge in [0, 0.05) is 60.5 Å². The second kappa shape index (κ2) is 26.0. The maximum absolute atomic E-state index is 10.6. The third-order valence-electron chi connectivity index (χ3n) is 18.8. The number of nitriles is 5. The molecule has 13 aromatic carbocycles. The van der Waals surface area contributed by atoms with Crippen LogP contribution in [0.25, 0.3) is 175 Å². The Hall–Kier alpha value is -16.1. The molecule has 104 heavy (non-hydrogen) atoms. The van der Waals surface area contributed by atoms with Crippen LogP contribution in [0.2, 0.25) is 0 Å². The molecule has 0 atom stereocenters. The van der Waals surface area contributed by atoms with Crippen LogP contribution in [0, 0.1) is 82.9 Å². The monoisotopic (exact) mass is 1320 g/mol. The number of fused-ring (bicyclic) bond motifs is 6. The first kappa shape index (κ1) is 62.7. The van der Waals surface area contributed by atoms with E-state index in [2.05, 4.69) is 101 Å². The minimum Gasteiger partial charge on any atom is -0.309 e. The quantitative estimate of drug-likeness (QED) is 0.115. The van der Waals surface area contributed by atoms with E-state index < -0.39 is 0 Å². The first-order chi connectivity index (χ1) is 51.1. The summed E-state index contributed by atoms with van der Waals surface area (Å²) in [6.07, 6.45) is 0. The van der Waals surface area contributed by atoms with Crippen molar-refractivity contribution in [2.24, 2.45) is 0 Å². The topological polar surface area (TPSA) is 185 Å². The summed E-state index contributed by atoms with van der Waals surface area (Å²) in [5.74, 6) is 1.13. The zero-order valence-electron chi connectivity index (χ0n) is 54.7. The van der Waals surface area contributed by atoms with Crippen LogP contribution in [-0.4, -0.2) is 24.1 Å². The van der Waals surface area contributed by atoms with Gasteiger partial charge in [-0.1, -0.05) is 158 Å². The van der Waals surface area contributed by atoms with E-state index in [1.807, 2.05) is 146 Å². The van der Waals surface area contributed by atoms with Crippen LogP contribution < -0.4 is 0 Å². The Balaban J connectivity index is 1.05. The minimum atomic E-state index is 0.307. The SMILES string of the molecule is [C-]#[N+]c1ccc(-c2ccc3c(c2)c2cc(-c4ccc([N+]#[C-])cc4C#N)ccc2n3-c2ccc(-c3cccc(C#N)c3)cc2-c2cccc(-n3c4ccc(-c5ccc([N+]#[C-])cc5C#N)cc4c4cc(-c5ccc(C#N)cc5[N+]#[C-])ccc43)c2-c2nc(-c3ccccc3)nc(-c3ccccc3)n2)c(C#N)c1. The van der Waals surface area contributed by atoms with Gasteiger partial charge in [-0.2, -0.15) is 26.3 Å². The van der Waals surface area contributed by atoms with E-state index in [1.54, 1.807) is 78.9 Å². The highest BCUT2D eigenvalue weighted by Crippen LogP contribution is 2.48. The van der Waals surface area contributed by atoms with Crippen molar-refractivity contribution >= 4 is 66.4 Å². The fourth-order valence-electron chi connectivity index (χ4n) is 14.0. The van der Waals surface area contributed by atoms with Gasteiger partial charge in [0.25, 0.3) is 0 Å². The molecule has 0 bridgehead atoms. The van der Waals surface area contributed by atoms with Gasteiger partial charge in [-0.3, -0.25) is 0 Å². The highest BCUT2D eigenvalue weighted by Gasteiger charge is 2.28. The third kappa shape index (κ3) is 10.8. The minimum absolute atomic E-state index is 0.307. The lowest BCUT2D eigenvalue weighted by Gasteiger charge is -2.21. The molecule has 16 aromatic rings. The molecular weight excluding hydrogens is 1280 g/mol. The fourth-order valence-corrected chi connectivity index (χ4v) is 14.0. The molecule has 0 fully saturated rings. The first-order valence-electron chi connectivity index (χ1n) is 32.6. The van der Waals surface area contributed by atoms with Crippen LogP contribution in [0.1, 0.15) is 27.8 Å². The number of rotatable bonds is 11. The summed E-state index contributed by atoms with van der Waals surface area (Å²) >= 11 is 0. The maximum atomic E-state index is 10.6. The molecule has 0 radical (unpaired) electrons. The van der Waals surface area contributed by atoms with E-state index in [1.165, 1.54) is 0 Å². The molecule has 0 aliphatic heterocycles. The molecule has 16 rings (SSSR count). The van der Waals surface area contributed by atoms with Crippen molar-refractivity contribution in [1.82, 2.24) is 24.1 Å². The summed E-state index contributed by atoms with van der Waals surface area (Å²) in [5.41, 5.74) is 18.0. The molecule has 3 aromatic heterocycles. The summed E-state index contributed by atoms with van der Waals surface area (Å²) in [7, 11) is 0. The predicted octanol–water partition coefficient (Wildman–Crippen LogP) is 22.6. The number of aromatic nitrogens is 5. The first-order valence-corrected chi connectivity index (χ1v) is 32.6. The molecule has 0 aliphatic rings. The number of nitrogens with zero attached hydrogens (tertiary/aromatic N) is 14. The van der Waals surface area contributed by atoms with Gasteiger partial charge in [-0.15, -0.1) is 0 Å². The summed E-state index contributed by atoms with van der Waals surface area (Å²) in [6.45, 7) is 31.6. The predicted molar refractivity (Wildman–Crippen MR) is 406 cm³/mol. The van der Waals surface area contributed by atoms with E-state index in [4.69, 9.17) is 41.2 Å². The van der Waals surface area contributed by atoms with Crippen molar-refractivity contribution in [3.63, 3.8) is 0 Å². The molecule has 14 nitrogen and oxygen atoms in total. The molecule has 3 heterocycles. The van der Waals surface area contributed by atoms with Crippen LogP contribution >= 0.6 is 0 Å². The molecule has 0 spiro atoms. The van der Waals surface area contributed by atoms with Crippen molar-refractivity contribution in [2.75, 3.05) is 0 Å². The zero-order chi connectivity index (χ0) is 71.1. The van der Waals surface area contributed by atoms with Crippen molar-refractivity contribution in [1.29, 1.82) is 26.3 Å². The van der Waals surface area contributed by atoms with Gasteiger partial charge in [0.15, 0.2) is 40.2 Å². The summed E-state index contributed by atoms with van der Waals surface area (Å²) in [4.78, 5) is 31.1. The summed E-state index contributed by atoms with van der Waals surface area (Å²) in [5, 5.41) is 55.4. The molecule has 0 saturated heterocycles. The molecule has 0 saturated carbocycles. The Morgan fingerprint density at radius 2 is 0.673 bits per heavy atom. The number of hydrogen-bond acceptors (Lipinski definition) is 8. The molecule has 474 valence electrons. The van der Waals surface area contributed by atoms with Gasteiger partial charge in [-0.25, -0.2) is 34.3 Å². The van der Waals surface area contributed by atoms with Crippen molar-refractivity contribution in [3.8, 4) is 143 Å². The van der Waals surface area contributed by atoms with Crippen LogP contribution in [0.15, 0.2) is 267 Å². The normalized spacial score (nSPS) is 10.8. The van der Waals surface area contributed by atoms with Crippen LogP contribution in [0.5, 0.6) is 0 Å². The van der Waals surface area contributed by atoms with Gasteiger partial charge in [0.2, 0.25) is 0 Å². The second-order valence-electron chi connectivity index (χ2n) is 24.6. The Kier molecular flexibility index (Phi) is 15.7. The molecule has 0 aliphatic carbocycles. The zero-order valence-corrected chi connectivity index (χ0v) is 54.7. The lowest BCUT2D eigenvalue weighted by atomic mass is 9.92. The molecule has 0 N–H and O–H groups in total. The summed E-state index contributed by atoms with van der Waals surface area (Å²) in [6, 6.07) is 95.5. The van der Waals surface area contributed by atoms with Gasteiger partial charge < -0.3 is 9.13 Å². The van der Waals surface area contributed by atoms with Crippen molar-refractivity contribution in [2.45, 2.75) is 0 Å². The van der Waals surface area contributed by atoms with Crippen LogP contribution in [-0.2, 0) is 0 Å². The van der Waals surface area contributed by atoms with Crippen molar-refractivity contribution < 1.29 is 0 Å². The van der Waals surface area contributed by atoms with E-state index in [9.17, 15) is 26.3 Å². The Bertz CT molecular complexity index is 6470. The average Bonchev–Trinajstić information content (AvgIpc) is 1.54. The smallest absolute Gasteiger partial charge is 0.196 e. The van der Waals surface area contributed by atoms with Gasteiger partial charge in [0.1, 0.15) is 0 Å². The molecule has 14 heteroatoms. The third-order valence-corrected chi connectivity index (χ3v) is 18.8. The highest BCUT2D eigenvalue weighted by molar-refractivity contribution is 6.15. The highest BCUT2D eigenvalue weighted by atomic mass is 15.1. The Labute approximate surface area is 596 Å². The van der Waals surface area contributed by atoms with Gasteiger partial charge in [-0.05, 0) is 170 Å². The van der Waals surface area contributed by atoms with Crippen LogP contribution in [0.4, 0.5) is 22.7 Å². The largest absolute Gasteiger partial charge is 0.309 e. The van der Waals surface area contributed by atoms with Gasteiger partial charge in [0.05, 0.1) is 101 Å². The van der Waals surface area contributed by atoms with Crippen LogP contribution in [0.3, 0.4) is 0 Å². The van der Waals surface area contributed by atoms with E-state index in [-0.39, 0.29) is 0 Å². The van der Waals surface area contributed by atoms with E-state index in [0.717, 1.165) is 93.8 Å². The van der Waals surface area contributed by atoms with Gasteiger partial charge >= 0.3 is 0 Å². The standard InChI is InChI=1S/C90H44N14/c1-96-67-27-31-70(64(41-67)51-93)60-23-35-82-76(45-60)77-46-61(71-32-28-68(97-2)42-65(71)52-94)24-36-83(77)103(82)81-34-22-59(58-18-11-13-54(39-58)49-91)44-75(81)74-19-12-20-86(87(74)90-101-88(56-14-7-5-8-15-56)100-89(102-90)57-16-9-6-10-17-57)104-84-37-25-62(72-33-29-69(98-3)43-66(72)53-95)47-78(84)79-48-63(26-38-85(79)104)73-30-21-55(50-92)40-80(73)99-4/h5-48H. The van der Waals surface area contributed by atoms with Crippen molar-refractivity contribution in [3.05, 3.63) is 340 Å². The molecular formula is C90H44N14. The number of benzene rings is 13. The Morgan fingerprint density at radius 3 is 1.12 bits per heavy atom.